The van der Waals surface area contributed by atoms with Gasteiger partial charge in [0.1, 0.15) is 24.2 Å². The molecule has 2 aromatic heterocycles. The number of hydrogen-bond acceptors (Lipinski definition) is 6. The van der Waals surface area contributed by atoms with Gasteiger partial charge >= 0.3 is 6.03 Å². The highest BCUT2D eigenvalue weighted by molar-refractivity contribution is 5.93. The molecule has 2 amide bonds. The van der Waals surface area contributed by atoms with Gasteiger partial charge in [-0.3, -0.25) is 10.00 Å². The number of carbonyl (C=O) groups is 1. The van der Waals surface area contributed by atoms with Crippen molar-refractivity contribution in [3.63, 3.8) is 0 Å². The number of rotatable bonds is 1. The molecule has 24 heavy (non-hydrogen) atoms. The molecule has 0 saturated carbocycles. The summed E-state index contributed by atoms with van der Waals surface area (Å²) >= 11 is 0. The molecule has 2 aliphatic heterocycles. The van der Waals surface area contributed by atoms with E-state index in [9.17, 15) is 4.79 Å². The van der Waals surface area contributed by atoms with E-state index < -0.39 is 0 Å². The lowest BCUT2D eigenvalue weighted by Crippen LogP contribution is -2.51. The molecule has 1 atom stereocenters. The number of morpholine rings is 1. The van der Waals surface area contributed by atoms with Crippen molar-refractivity contribution in [2.75, 3.05) is 37.7 Å². The Morgan fingerprint density at radius 3 is 3.12 bits per heavy atom. The molecule has 126 valence electrons. The number of nitrogens with zero attached hydrogens (tertiary/aromatic N) is 5. The Morgan fingerprint density at radius 1 is 1.38 bits per heavy atom. The number of anilines is 1. The van der Waals surface area contributed by atoms with Gasteiger partial charge in [0.2, 0.25) is 5.88 Å². The van der Waals surface area contributed by atoms with E-state index >= 15 is 0 Å². The summed E-state index contributed by atoms with van der Waals surface area (Å²) in [5, 5.41) is 6.95. The molecular formula is C15H18N6O3. The number of aromatic amines is 1. The third kappa shape index (κ3) is 2.67. The largest absolute Gasteiger partial charge is 0.474 e. The van der Waals surface area contributed by atoms with Crippen molar-refractivity contribution in [2.45, 2.75) is 13.0 Å². The average molecular weight is 330 g/mol. The van der Waals surface area contributed by atoms with Crippen LogP contribution in [0, 0.1) is 6.92 Å². The standard InChI is InChI=1S/C15H18N6O3/c1-10-17-13(19-18-10)12-9-20(5-7-23-12)15(22)21-6-8-24-14-11(21)3-2-4-16-14/h2-4,12H,5-9H2,1H3,(H,17,18,19). The van der Waals surface area contributed by atoms with Gasteiger partial charge in [-0.25, -0.2) is 14.8 Å². The minimum atomic E-state index is -0.318. The van der Waals surface area contributed by atoms with Crippen molar-refractivity contribution >= 4 is 11.7 Å². The third-order valence-electron chi connectivity index (χ3n) is 4.07. The number of H-pyrrole nitrogens is 1. The fourth-order valence-electron chi connectivity index (χ4n) is 2.91. The maximum atomic E-state index is 13.0. The van der Waals surface area contributed by atoms with Gasteiger partial charge in [0.15, 0.2) is 5.82 Å². The van der Waals surface area contributed by atoms with Gasteiger partial charge < -0.3 is 14.4 Å². The molecule has 1 fully saturated rings. The van der Waals surface area contributed by atoms with Gasteiger partial charge in [-0.05, 0) is 19.1 Å². The Kier molecular flexibility index (Phi) is 3.77. The second-order valence-corrected chi connectivity index (χ2v) is 5.69. The van der Waals surface area contributed by atoms with E-state index in [1.54, 1.807) is 22.1 Å². The lowest BCUT2D eigenvalue weighted by molar-refractivity contribution is -0.0190. The Bertz CT molecular complexity index is 748. The fourth-order valence-corrected chi connectivity index (χ4v) is 2.91. The van der Waals surface area contributed by atoms with Crippen LogP contribution in [0.2, 0.25) is 0 Å². The third-order valence-corrected chi connectivity index (χ3v) is 4.07. The molecule has 4 heterocycles. The molecule has 0 aromatic carbocycles. The molecular weight excluding hydrogens is 312 g/mol. The Morgan fingerprint density at radius 2 is 2.29 bits per heavy atom. The molecule has 0 spiro atoms. The van der Waals surface area contributed by atoms with Crippen LogP contribution < -0.4 is 9.64 Å². The van der Waals surface area contributed by atoms with E-state index in [-0.39, 0.29) is 12.1 Å². The van der Waals surface area contributed by atoms with Crippen LogP contribution in [0.25, 0.3) is 0 Å². The summed E-state index contributed by atoms with van der Waals surface area (Å²) in [7, 11) is 0. The van der Waals surface area contributed by atoms with Crippen molar-refractivity contribution in [1.82, 2.24) is 25.1 Å². The zero-order valence-electron chi connectivity index (χ0n) is 13.3. The van der Waals surface area contributed by atoms with Crippen LogP contribution in [-0.4, -0.2) is 63.9 Å². The van der Waals surface area contributed by atoms with Crippen LogP contribution in [0.1, 0.15) is 17.8 Å². The predicted octanol–water partition coefficient (Wildman–Crippen LogP) is 0.900. The highest BCUT2D eigenvalue weighted by atomic mass is 16.5. The number of ether oxygens (including phenoxy) is 2. The van der Waals surface area contributed by atoms with Gasteiger partial charge in [0.05, 0.1) is 19.7 Å². The zero-order chi connectivity index (χ0) is 16.5. The number of aryl methyl sites for hydroxylation is 1. The number of hydrogen-bond donors (Lipinski definition) is 1. The molecule has 0 radical (unpaired) electrons. The number of aromatic nitrogens is 4. The van der Waals surface area contributed by atoms with Crippen molar-refractivity contribution in [3.8, 4) is 5.88 Å². The lowest BCUT2D eigenvalue weighted by Gasteiger charge is -2.37. The number of fused-ring (bicyclic) bond motifs is 1. The Hall–Kier alpha value is -2.68. The monoisotopic (exact) mass is 330 g/mol. The summed E-state index contributed by atoms with van der Waals surface area (Å²) in [5.41, 5.74) is 0.700. The quantitative estimate of drug-likeness (QED) is 0.834. The van der Waals surface area contributed by atoms with E-state index in [0.717, 1.165) is 5.82 Å². The zero-order valence-corrected chi connectivity index (χ0v) is 13.3. The van der Waals surface area contributed by atoms with Gasteiger partial charge in [-0.15, -0.1) is 0 Å². The summed E-state index contributed by atoms with van der Waals surface area (Å²) in [5.74, 6) is 1.80. The molecule has 1 saturated heterocycles. The van der Waals surface area contributed by atoms with Crippen LogP contribution in [0.4, 0.5) is 10.5 Å². The first-order valence-corrected chi connectivity index (χ1v) is 7.87. The molecule has 1 unspecified atom stereocenters. The van der Waals surface area contributed by atoms with E-state index in [2.05, 4.69) is 20.2 Å². The molecule has 4 rings (SSSR count). The van der Waals surface area contributed by atoms with E-state index in [4.69, 9.17) is 9.47 Å². The normalized spacial score (nSPS) is 20.5. The number of amides is 2. The number of carbonyl (C=O) groups excluding carboxylic acids is 1. The van der Waals surface area contributed by atoms with Gasteiger partial charge in [0.25, 0.3) is 0 Å². The van der Waals surface area contributed by atoms with Crippen molar-refractivity contribution < 1.29 is 14.3 Å². The fraction of sp³-hybridized carbons (Fsp3) is 0.467. The number of urea groups is 1. The first-order valence-electron chi connectivity index (χ1n) is 7.87. The van der Waals surface area contributed by atoms with Crippen molar-refractivity contribution in [1.29, 1.82) is 0 Å². The Labute approximate surface area is 138 Å². The summed E-state index contributed by atoms with van der Waals surface area (Å²) in [6.07, 6.45) is 1.34. The summed E-state index contributed by atoms with van der Waals surface area (Å²) in [4.78, 5) is 24.9. The van der Waals surface area contributed by atoms with Crippen molar-refractivity contribution in [3.05, 3.63) is 30.0 Å². The maximum absolute atomic E-state index is 13.0. The number of nitrogens with one attached hydrogen (secondary N) is 1. The first kappa shape index (κ1) is 14.9. The SMILES string of the molecule is Cc1nc(C2CN(C(=O)N3CCOc4ncccc43)CCO2)n[nH]1. The summed E-state index contributed by atoms with van der Waals surface area (Å²) in [6.45, 7) is 4.17. The molecule has 9 heteroatoms. The van der Waals surface area contributed by atoms with Crippen LogP contribution in [0.3, 0.4) is 0 Å². The van der Waals surface area contributed by atoms with Gasteiger partial charge in [0, 0.05) is 12.7 Å². The highest BCUT2D eigenvalue weighted by Gasteiger charge is 2.33. The number of pyridine rings is 1. The lowest BCUT2D eigenvalue weighted by atomic mass is 10.2. The molecule has 9 nitrogen and oxygen atoms in total. The van der Waals surface area contributed by atoms with Crippen molar-refractivity contribution in [2.24, 2.45) is 0 Å². The van der Waals surface area contributed by atoms with E-state index in [0.29, 0.717) is 50.2 Å². The first-order chi connectivity index (χ1) is 11.7. The average Bonchev–Trinajstić information content (AvgIpc) is 3.07. The molecule has 2 aromatic rings. The van der Waals surface area contributed by atoms with Crippen LogP contribution >= 0.6 is 0 Å². The highest BCUT2D eigenvalue weighted by Crippen LogP contribution is 2.30. The van der Waals surface area contributed by atoms with Crippen LogP contribution in [0.5, 0.6) is 5.88 Å². The molecule has 2 aliphatic rings. The second-order valence-electron chi connectivity index (χ2n) is 5.69. The predicted molar refractivity (Wildman–Crippen MR) is 83.9 cm³/mol. The summed E-state index contributed by atoms with van der Waals surface area (Å²) in [6, 6.07) is 3.57. The van der Waals surface area contributed by atoms with Gasteiger partial charge in [-0.2, -0.15) is 5.10 Å². The minimum absolute atomic E-state index is 0.0758. The van der Waals surface area contributed by atoms with E-state index in [1.807, 2.05) is 13.0 Å². The van der Waals surface area contributed by atoms with E-state index in [1.165, 1.54) is 0 Å². The summed E-state index contributed by atoms with van der Waals surface area (Å²) < 4.78 is 11.2. The molecule has 0 bridgehead atoms. The topological polar surface area (TPSA) is 96.5 Å². The molecule has 1 N–H and O–H groups in total. The smallest absolute Gasteiger partial charge is 0.324 e. The van der Waals surface area contributed by atoms with Crippen LogP contribution in [0.15, 0.2) is 18.3 Å². The maximum Gasteiger partial charge on any atom is 0.324 e. The molecule has 0 aliphatic carbocycles. The second kappa shape index (κ2) is 6.08. The minimum Gasteiger partial charge on any atom is -0.474 e. The van der Waals surface area contributed by atoms with Crippen LogP contribution in [-0.2, 0) is 4.74 Å². The van der Waals surface area contributed by atoms with Gasteiger partial charge in [-0.1, -0.05) is 0 Å². The Balaban J connectivity index is 1.52.